The van der Waals surface area contributed by atoms with E-state index < -0.39 is 17.9 Å². The van der Waals surface area contributed by atoms with Crippen LogP contribution in [-0.4, -0.2) is 36.2 Å². The summed E-state index contributed by atoms with van der Waals surface area (Å²) in [5.74, 6) is -2.87. The molecule has 35 heavy (non-hydrogen) atoms. The van der Waals surface area contributed by atoms with Gasteiger partial charge in [-0.1, -0.05) is 48.5 Å². The number of aromatic carboxylic acids is 1. The van der Waals surface area contributed by atoms with Crippen LogP contribution in [-0.2, 0) is 9.53 Å². The molecule has 7 nitrogen and oxygen atoms in total. The number of rotatable bonds is 7. The number of ether oxygens (including phenoxy) is 1. The average Bonchev–Trinajstić information content (AvgIpc) is 3.57. The van der Waals surface area contributed by atoms with Crippen LogP contribution >= 0.6 is 0 Å². The molecule has 2 aliphatic carbocycles. The van der Waals surface area contributed by atoms with Crippen molar-refractivity contribution in [2.45, 2.75) is 12.3 Å². The van der Waals surface area contributed by atoms with Crippen molar-refractivity contribution in [2.24, 2.45) is 11.8 Å². The first-order chi connectivity index (χ1) is 16.9. The van der Waals surface area contributed by atoms with E-state index in [2.05, 4.69) is 22.8 Å². The summed E-state index contributed by atoms with van der Waals surface area (Å²) in [6, 6.07) is 19.3. The minimum Gasteiger partial charge on any atom is -0.478 e. The monoisotopic (exact) mass is 474 g/mol. The van der Waals surface area contributed by atoms with Gasteiger partial charge in [0.15, 0.2) is 0 Å². The molecule has 0 heterocycles. The van der Waals surface area contributed by atoms with Crippen molar-refractivity contribution in [3.05, 3.63) is 89.2 Å². The number of hydrogen-bond donors (Lipinski definition) is 3. The summed E-state index contributed by atoms with van der Waals surface area (Å²) in [5, 5.41) is 14.5. The van der Waals surface area contributed by atoms with E-state index in [1.54, 1.807) is 0 Å². The summed E-state index contributed by atoms with van der Waals surface area (Å²) in [6.07, 6.45) is 0.00337. The predicted octanol–water partition coefficient (Wildman–Crippen LogP) is 4.64. The second-order valence-corrected chi connectivity index (χ2v) is 8.79. The number of hydrogen-bond acceptors (Lipinski definition) is 4. The maximum Gasteiger partial charge on any atom is 0.407 e. The molecule has 8 heteroatoms. The van der Waals surface area contributed by atoms with Gasteiger partial charge in [-0.25, -0.2) is 14.0 Å². The van der Waals surface area contributed by atoms with E-state index in [0.29, 0.717) is 6.42 Å². The highest BCUT2D eigenvalue weighted by atomic mass is 19.1. The fourth-order valence-electron chi connectivity index (χ4n) is 4.69. The summed E-state index contributed by atoms with van der Waals surface area (Å²) < 4.78 is 18.8. The van der Waals surface area contributed by atoms with E-state index in [9.17, 15) is 23.9 Å². The van der Waals surface area contributed by atoms with Crippen LogP contribution in [0.1, 0.15) is 33.8 Å². The minimum absolute atomic E-state index is 0.0354. The lowest BCUT2D eigenvalue weighted by molar-refractivity contribution is -0.117. The number of carboxylic acids is 1. The molecule has 1 fully saturated rings. The van der Waals surface area contributed by atoms with Gasteiger partial charge in [-0.2, -0.15) is 0 Å². The topological polar surface area (TPSA) is 105 Å². The second kappa shape index (κ2) is 9.21. The smallest absolute Gasteiger partial charge is 0.407 e. The number of benzene rings is 3. The zero-order valence-corrected chi connectivity index (χ0v) is 18.7. The van der Waals surface area contributed by atoms with Crippen LogP contribution in [0.15, 0.2) is 66.7 Å². The Balaban J connectivity index is 1.12. The Bertz CT molecular complexity index is 1280. The lowest BCUT2D eigenvalue weighted by Gasteiger charge is -2.14. The van der Waals surface area contributed by atoms with Gasteiger partial charge in [-0.05, 0) is 52.8 Å². The van der Waals surface area contributed by atoms with Gasteiger partial charge in [0.1, 0.15) is 12.4 Å². The molecular weight excluding hydrogens is 451 g/mol. The first kappa shape index (κ1) is 22.6. The van der Waals surface area contributed by atoms with Crippen LogP contribution in [0.4, 0.5) is 14.9 Å². The van der Waals surface area contributed by atoms with Crippen molar-refractivity contribution in [3.63, 3.8) is 0 Å². The Labute approximate surface area is 200 Å². The summed E-state index contributed by atoms with van der Waals surface area (Å²) in [6.45, 7) is 0.473. The normalized spacial score (nSPS) is 17.7. The van der Waals surface area contributed by atoms with Gasteiger partial charge < -0.3 is 20.5 Å². The third-order valence-corrected chi connectivity index (χ3v) is 6.58. The highest BCUT2D eigenvalue weighted by Crippen LogP contribution is 2.44. The van der Waals surface area contributed by atoms with Gasteiger partial charge in [-0.3, -0.25) is 4.79 Å². The van der Waals surface area contributed by atoms with Gasteiger partial charge in [-0.15, -0.1) is 0 Å². The summed E-state index contributed by atoms with van der Waals surface area (Å²) in [4.78, 5) is 36.1. The molecule has 0 aromatic heterocycles. The Morgan fingerprint density at radius 1 is 0.971 bits per heavy atom. The van der Waals surface area contributed by atoms with Crippen molar-refractivity contribution < 1.29 is 28.6 Å². The molecule has 3 aromatic rings. The Morgan fingerprint density at radius 2 is 1.63 bits per heavy atom. The zero-order chi connectivity index (χ0) is 24.5. The SMILES string of the molecule is O=C(NC[C@H]1C[C@H]1C(=O)Nc1ccc(F)cc1C(=O)O)OCC1c2ccccc2-c2ccccc21. The summed E-state index contributed by atoms with van der Waals surface area (Å²) >= 11 is 0. The molecule has 0 aliphatic heterocycles. The van der Waals surface area contributed by atoms with Crippen LogP contribution in [0.25, 0.3) is 11.1 Å². The number of carboxylic acid groups (broad SMARTS) is 1. The Morgan fingerprint density at radius 3 is 2.29 bits per heavy atom. The molecule has 3 N–H and O–H groups in total. The van der Waals surface area contributed by atoms with E-state index in [0.717, 1.165) is 34.4 Å². The van der Waals surface area contributed by atoms with Crippen molar-refractivity contribution in [1.82, 2.24) is 5.32 Å². The maximum absolute atomic E-state index is 13.3. The van der Waals surface area contributed by atoms with E-state index >= 15 is 0 Å². The lowest BCUT2D eigenvalue weighted by Crippen LogP contribution is -2.29. The third-order valence-electron chi connectivity index (χ3n) is 6.58. The van der Waals surface area contributed by atoms with Crippen LogP contribution in [0.2, 0.25) is 0 Å². The molecule has 1 saturated carbocycles. The van der Waals surface area contributed by atoms with E-state index in [1.807, 2.05) is 36.4 Å². The van der Waals surface area contributed by atoms with Crippen LogP contribution in [0.5, 0.6) is 0 Å². The van der Waals surface area contributed by atoms with Gasteiger partial charge >= 0.3 is 12.1 Å². The third kappa shape index (κ3) is 4.59. The number of amides is 2. The molecule has 0 spiro atoms. The first-order valence-electron chi connectivity index (χ1n) is 11.3. The Kier molecular flexibility index (Phi) is 5.94. The van der Waals surface area contributed by atoms with Crippen LogP contribution in [0.3, 0.4) is 0 Å². The van der Waals surface area contributed by atoms with E-state index in [1.165, 1.54) is 6.07 Å². The molecule has 2 amide bonds. The predicted molar refractivity (Wildman–Crippen MR) is 127 cm³/mol. The summed E-state index contributed by atoms with van der Waals surface area (Å²) in [7, 11) is 0. The standard InChI is InChI=1S/C27H23FN2O5/c28-16-9-10-24(22(12-16)26(32)33)30-25(31)21-11-15(21)13-29-27(34)35-14-23-19-7-3-1-5-17(19)18-6-2-4-8-20(18)23/h1-10,12,15,21,23H,11,13-14H2,(H,29,34)(H,30,31)(H,32,33)/t15-,21-/m1/s1. The largest absolute Gasteiger partial charge is 0.478 e. The van der Waals surface area contributed by atoms with Crippen LogP contribution in [0, 0.1) is 17.7 Å². The number of halogens is 1. The maximum atomic E-state index is 13.3. The summed E-state index contributed by atoms with van der Waals surface area (Å²) in [5.41, 5.74) is 4.28. The molecule has 0 radical (unpaired) electrons. The number of carbonyl (C=O) groups is 3. The molecule has 0 bridgehead atoms. The second-order valence-electron chi connectivity index (χ2n) is 8.79. The number of anilines is 1. The molecule has 178 valence electrons. The first-order valence-corrected chi connectivity index (χ1v) is 11.3. The molecule has 2 aliphatic rings. The van der Waals surface area contributed by atoms with Gasteiger partial charge in [0, 0.05) is 18.4 Å². The van der Waals surface area contributed by atoms with Crippen LogP contribution < -0.4 is 10.6 Å². The number of alkyl carbamates (subject to hydrolysis) is 1. The lowest BCUT2D eigenvalue weighted by atomic mass is 9.98. The van der Waals surface area contributed by atoms with E-state index in [-0.39, 0.29) is 48.1 Å². The fraction of sp³-hybridized carbons (Fsp3) is 0.222. The molecule has 3 aromatic carbocycles. The van der Waals surface area contributed by atoms with Crippen molar-refractivity contribution in [1.29, 1.82) is 0 Å². The highest BCUT2D eigenvalue weighted by molar-refractivity contribution is 6.02. The highest BCUT2D eigenvalue weighted by Gasteiger charge is 2.43. The number of carbonyl (C=O) groups excluding carboxylic acids is 2. The van der Waals surface area contributed by atoms with Crippen molar-refractivity contribution >= 4 is 23.7 Å². The fourth-order valence-corrected chi connectivity index (χ4v) is 4.69. The Hall–Kier alpha value is -4.20. The number of fused-ring (bicyclic) bond motifs is 3. The van der Waals surface area contributed by atoms with E-state index in [4.69, 9.17) is 4.74 Å². The zero-order valence-electron chi connectivity index (χ0n) is 18.7. The molecule has 2 atom stereocenters. The van der Waals surface area contributed by atoms with Crippen molar-refractivity contribution in [3.8, 4) is 11.1 Å². The number of nitrogens with one attached hydrogen (secondary N) is 2. The quantitative estimate of drug-likeness (QED) is 0.463. The minimum atomic E-state index is -1.33. The molecule has 0 saturated heterocycles. The average molecular weight is 474 g/mol. The van der Waals surface area contributed by atoms with Crippen molar-refractivity contribution in [2.75, 3.05) is 18.5 Å². The molecule has 0 unspecified atom stereocenters. The van der Waals surface area contributed by atoms with Gasteiger partial charge in [0.05, 0.1) is 11.3 Å². The van der Waals surface area contributed by atoms with Gasteiger partial charge in [0.2, 0.25) is 5.91 Å². The van der Waals surface area contributed by atoms with Gasteiger partial charge in [0.25, 0.3) is 0 Å². The molecular formula is C27H23FN2O5. The molecule has 5 rings (SSSR count).